The molecular formula is C28H22N2O2. The minimum Gasteiger partial charge on any atom is -0.417 e. The van der Waals surface area contributed by atoms with Crippen molar-refractivity contribution in [2.75, 3.05) is 9.80 Å². The molecule has 2 atom stereocenters. The summed E-state index contributed by atoms with van der Waals surface area (Å²) < 4.78 is 13.8. The largest absolute Gasteiger partial charge is 0.436 e. The number of hydrogen-bond donors (Lipinski definition) is 0. The molecule has 3 heterocycles. The zero-order chi connectivity index (χ0) is 21.1. The Morgan fingerprint density at radius 1 is 0.531 bits per heavy atom. The van der Waals surface area contributed by atoms with Crippen LogP contribution in [0.1, 0.15) is 29.6 Å². The van der Waals surface area contributed by atoms with Crippen LogP contribution in [0.2, 0.25) is 0 Å². The van der Waals surface area contributed by atoms with Gasteiger partial charge in [-0.15, -0.1) is 0 Å². The summed E-state index contributed by atoms with van der Waals surface area (Å²) in [6.45, 7) is 0. The highest BCUT2D eigenvalue weighted by molar-refractivity contribution is 5.65. The molecule has 0 radical (unpaired) electrons. The highest BCUT2D eigenvalue weighted by atomic mass is 16.8. The Morgan fingerprint density at radius 2 is 0.938 bits per heavy atom. The minimum absolute atomic E-state index is 0.126. The lowest BCUT2D eigenvalue weighted by Gasteiger charge is -2.63. The summed E-state index contributed by atoms with van der Waals surface area (Å²) in [5, 5.41) is 0. The molecule has 7 rings (SSSR count). The molecule has 156 valence electrons. The molecule has 4 aromatic rings. The fourth-order valence-electron chi connectivity index (χ4n) is 5.53. The normalized spacial score (nSPS) is 24.6. The molecule has 3 bridgehead atoms. The van der Waals surface area contributed by atoms with Crippen LogP contribution >= 0.6 is 0 Å². The van der Waals surface area contributed by atoms with E-state index in [4.69, 9.17) is 9.47 Å². The van der Waals surface area contributed by atoms with Crippen molar-refractivity contribution in [3.8, 4) is 11.5 Å². The Morgan fingerprint density at radius 3 is 1.41 bits per heavy atom. The zero-order valence-electron chi connectivity index (χ0n) is 17.5. The predicted molar refractivity (Wildman–Crippen MR) is 125 cm³/mol. The van der Waals surface area contributed by atoms with Gasteiger partial charge in [0.1, 0.15) is 11.5 Å². The summed E-state index contributed by atoms with van der Waals surface area (Å²) >= 11 is 0. The average Bonchev–Trinajstić information content (AvgIpc) is 2.84. The van der Waals surface area contributed by atoms with E-state index in [0.29, 0.717) is 0 Å². The zero-order valence-corrected chi connectivity index (χ0v) is 17.5. The van der Waals surface area contributed by atoms with E-state index in [1.165, 1.54) is 11.1 Å². The van der Waals surface area contributed by atoms with E-state index < -0.39 is 6.03 Å². The van der Waals surface area contributed by atoms with Gasteiger partial charge in [-0.25, -0.2) is 0 Å². The SMILES string of the molecule is c1ccc(N2C3CC4c5ccccc5OC2(Oc2ccccc23)N4c2ccccc2)cc1. The Bertz CT molecular complexity index is 1190. The van der Waals surface area contributed by atoms with Gasteiger partial charge in [0.15, 0.2) is 0 Å². The van der Waals surface area contributed by atoms with E-state index in [9.17, 15) is 0 Å². The second-order valence-electron chi connectivity index (χ2n) is 8.51. The maximum atomic E-state index is 6.88. The van der Waals surface area contributed by atoms with E-state index in [0.717, 1.165) is 29.3 Å². The highest BCUT2D eigenvalue weighted by Crippen LogP contribution is 2.59. The van der Waals surface area contributed by atoms with Gasteiger partial charge >= 0.3 is 6.03 Å². The molecule has 1 fully saturated rings. The fraction of sp³-hybridized carbons (Fsp3) is 0.143. The third-order valence-corrected chi connectivity index (χ3v) is 6.79. The van der Waals surface area contributed by atoms with Crippen LogP contribution in [0.25, 0.3) is 0 Å². The second kappa shape index (κ2) is 6.54. The molecule has 1 saturated heterocycles. The number of ether oxygens (including phenoxy) is 2. The van der Waals surface area contributed by atoms with Crippen molar-refractivity contribution in [2.24, 2.45) is 0 Å². The molecule has 0 saturated carbocycles. The van der Waals surface area contributed by atoms with E-state index >= 15 is 0 Å². The number of anilines is 2. The summed E-state index contributed by atoms with van der Waals surface area (Å²) in [6, 6.07) is 36.8. The lowest BCUT2D eigenvalue weighted by atomic mass is 9.85. The van der Waals surface area contributed by atoms with Gasteiger partial charge < -0.3 is 9.47 Å². The Balaban J connectivity index is 1.54. The first-order chi connectivity index (χ1) is 15.9. The Labute approximate surface area is 187 Å². The number of fused-ring (bicyclic) bond motifs is 6. The second-order valence-corrected chi connectivity index (χ2v) is 8.51. The van der Waals surface area contributed by atoms with E-state index in [2.05, 4.69) is 94.7 Å². The monoisotopic (exact) mass is 418 g/mol. The molecule has 32 heavy (non-hydrogen) atoms. The maximum Gasteiger partial charge on any atom is 0.436 e. The first-order valence-electron chi connectivity index (χ1n) is 11.1. The highest BCUT2D eigenvalue weighted by Gasteiger charge is 2.64. The first-order valence-corrected chi connectivity index (χ1v) is 11.1. The van der Waals surface area contributed by atoms with Crippen LogP contribution in [0.15, 0.2) is 109 Å². The van der Waals surface area contributed by atoms with Gasteiger partial charge in [-0.2, -0.15) is 0 Å². The summed E-state index contributed by atoms with van der Waals surface area (Å²) in [4.78, 5) is 4.63. The predicted octanol–water partition coefficient (Wildman–Crippen LogP) is 6.28. The van der Waals surface area contributed by atoms with Crippen LogP contribution < -0.4 is 19.3 Å². The number of benzene rings is 4. The molecule has 4 heteroatoms. The molecular weight excluding hydrogens is 396 g/mol. The molecule has 0 amide bonds. The van der Waals surface area contributed by atoms with Gasteiger partial charge in [-0.05, 0) is 42.8 Å². The minimum atomic E-state index is -1.13. The maximum absolute atomic E-state index is 6.88. The molecule has 4 aromatic carbocycles. The van der Waals surface area contributed by atoms with Crippen LogP contribution in [0.5, 0.6) is 11.5 Å². The number of hydrogen-bond acceptors (Lipinski definition) is 4. The number of nitrogens with zero attached hydrogens (tertiary/aromatic N) is 2. The molecule has 3 aliphatic rings. The van der Waals surface area contributed by atoms with Crippen LogP contribution in [-0.2, 0) is 0 Å². The van der Waals surface area contributed by atoms with Gasteiger partial charge in [0, 0.05) is 22.5 Å². The average molecular weight is 418 g/mol. The van der Waals surface area contributed by atoms with Crippen LogP contribution in [0.4, 0.5) is 11.4 Å². The molecule has 0 aliphatic carbocycles. The van der Waals surface area contributed by atoms with Crippen molar-refractivity contribution in [3.05, 3.63) is 120 Å². The molecule has 2 unspecified atom stereocenters. The van der Waals surface area contributed by atoms with Gasteiger partial charge in [-0.3, -0.25) is 9.80 Å². The van der Waals surface area contributed by atoms with Crippen molar-refractivity contribution in [1.82, 2.24) is 0 Å². The van der Waals surface area contributed by atoms with E-state index in [1.807, 2.05) is 24.3 Å². The summed E-state index contributed by atoms with van der Waals surface area (Å²) in [5.74, 6) is 1.76. The molecule has 1 spiro atoms. The lowest BCUT2D eigenvalue weighted by molar-refractivity contribution is -0.159. The third-order valence-electron chi connectivity index (χ3n) is 6.79. The summed E-state index contributed by atoms with van der Waals surface area (Å²) in [5.41, 5.74) is 4.55. The topological polar surface area (TPSA) is 24.9 Å². The van der Waals surface area contributed by atoms with Crippen molar-refractivity contribution in [1.29, 1.82) is 0 Å². The van der Waals surface area contributed by atoms with Crippen molar-refractivity contribution in [2.45, 2.75) is 24.5 Å². The first kappa shape index (κ1) is 17.7. The van der Waals surface area contributed by atoms with Crippen molar-refractivity contribution < 1.29 is 9.47 Å². The number of rotatable bonds is 2. The third kappa shape index (κ3) is 2.32. The number of para-hydroxylation sites is 4. The van der Waals surface area contributed by atoms with Crippen LogP contribution in [0, 0.1) is 0 Å². The van der Waals surface area contributed by atoms with Gasteiger partial charge in [0.05, 0.1) is 12.1 Å². The summed E-state index contributed by atoms with van der Waals surface area (Å²) in [6.07, 6.45) is 0.923. The van der Waals surface area contributed by atoms with E-state index in [1.54, 1.807) is 0 Å². The summed E-state index contributed by atoms with van der Waals surface area (Å²) in [7, 11) is 0. The molecule has 0 aromatic heterocycles. The molecule has 0 N–H and O–H groups in total. The van der Waals surface area contributed by atoms with Crippen molar-refractivity contribution in [3.63, 3.8) is 0 Å². The van der Waals surface area contributed by atoms with Crippen LogP contribution in [-0.4, -0.2) is 6.03 Å². The van der Waals surface area contributed by atoms with Crippen LogP contribution in [0.3, 0.4) is 0 Å². The van der Waals surface area contributed by atoms with Gasteiger partial charge in [0.2, 0.25) is 0 Å². The van der Waals surface area contributed by atoms with Gasteiger partial charge in [0.25, 0.3) is 0 Å². The Hall–Kier alpha value is -3.92. The molecule has 3 aliphatic heterocycles. The smallest absolute Gasteiger partial charge is 0.417 e. The van der Waals surface area contributed by atoms with E-state index in [-0.39, 0.29) is 12.1 Å². The van der Waals surface area contributed by atoms with Crippen molar-refractivity contribution >= 4 is 11.4 Å². The van der Waals surface area contributed by atoms with Gasteiger partial charge in [-0.1, -0.05) is 72.8 Å². The Kier molecular flexibility index (Phi) is 3.62. The lowest BCUT2D eigenvalue weighted by Crippen LogP contribution is -2.76. The molecule has 4 nitrogen and oxygen atoms in total. The standard InChI is InChI=1S/C28H22N2O2/c1-3-11-20(12-4-1)29-24-19-25-23-16-8-10-18-27(23)32-28(29,30(25)21-13-5-2-6-14-21)31-26-17-9-7-15-22(24)26/h1-18,24-25H,19H2. The fourth-order valence-corrected chi connectivity index (χ4v) is 5.53. The quantitative estimate of drug-likeness (QED) is 0.382.